The molecular weight excluding hydrogens is 160 g/mol. The summed E-state index contributed by atoms with van der Waals surface area (Å²) in [6.45, 7) is 5.05. The monoisotopic (exact) mass is 178 g/mol. The molecule has 0 spiro atoms. The second-order valence-electron chi connectivity index (χ2n) is 3.51. The van der Waals surface area contributed by atoms with E-state index in [1.165, 1.54) is 16.7 Å². The van der Waals surface area contributed by atoms with Crippen molar-refractivity contribution in [1.82, 2.24) is 5.32 Å². The molecule has 0 aromatic heterocycles. The molecule has 0 amide bonds. The van der Waals surface area contributed by atoms with Gasteiger partial charge in [-0.25, -0.2) is 0 Å². The van der Waals surface area contributed by atoms with Crippen molar-refractivity contribution >= 4 is 0 Å². The Balaban J connectivity index is 2.84. The van der Waals surface area contributed by atoms with Crippen molar-refractivity contribution in [2.24, 2.45) is 5.73 Å². The Hall–Kier alpha value is -0.860. The minimum absolute atomic E-state index is 0.101. The molecule has 0 saturated carbocycles. The second-order valence-corrected chi connectivity index (χ2v) is 3.51. The van der Waals surface area contributed by atoms with Gasteiger partial charge in [0.15, 0.2) is 0 Å². The lowest BCUT2D eigenvalue weighted by Gasteiger charge is -2.12. The SMILES string of the molecule is CNCC(N)c1ccc(C)c(C)c1. The zero-order valence-corrected chi connectivity index (χ0v) is 8.59. The van der Waals surface area contributed by atoms with Gasteiger partial charge >= 0.3 is 0 Å². The van der Waals surface area contributed by atoms with E-state index in [0.29, 0.717) is 0 Å². The Kier molecular flexibility index (Phi) is 3.46. The van der Waals surface area contributed by atoms with Crippen molar-refractivity contribution in [1.29, 1.82) is 0 Å². The van der Waals surface area contributed by atoms with Gasteiger partial charge in [-0.1, -0.05) is 18.2 Å². The molecule has 3 N–H and O–H groups in total. The number of nitrogens with one attached hydrogen (secondary N) is 1. The number of hydrogen-bond donors (Lipinski definition) is 2. The molecule has 0 radical (unpaired) electrons. The van der Waals surface area contributed by atoms with Gasteiger partial charge in [-0.05, 0) is 37.6 Å². The molecule has 0 saturated heterocycles. The van der Waals surface area contributed by atoms with Gasteiger partial charge in [0, 0.05) is 12.6 Å². The fourth-order valence-electron chi connectivity index (χ4n) is 1.33. The van der Waals surface area contributed by atoms with Crippen LogP contribution in [0.25, 0.3) is 0 Å². The van der Waals surface area contributed by atoms with E-state index in [-0.39, 0.29) is 6.04 Å². The molecular formula is C11H18N2. The average molecular weight is 178 g/mol. The predicted molar refractivity (Wildman–Crippen MR) is 56.8 cm³/mol. The average Bonchev–Trinajstić information content (AvgIpc) is 2.10. The van der Waals surface area contributed by atoms with E-state index in [0.717, 1.165) is 6.54 Å². The standard InChI is InChI=1S/C11H18N2/c1-8-4-5-10(6-9(8)2)11(12)7-13-3/h4-6,11,13H,7,12H2,1-3H3. The first kappa shape index (κ1) is 10.2. The Morgan fingerprint density at radius 1 is 1.31 bits per heavy atom. The maximum Gasteiger partial charge on any atom is 0.0421 e. The first-order chi connectivity index (χ1) is 6.15. The molecule has 2 heteroatoms. The van der Waals surface area contributed by atoms with Crippen LogP contribution in [0.4, 0.5) is 0 Å². The smallest absolute Gasteiger partial charge is 0.0421 e. The molecule has 1 aromatic carbocycles. The second kappa shape index (κ2) is 4.40. The minimum Gasteiger partial charge on any atom is -0.323 e. The fourth-order valence-corrected chi connectivity index (χ4v) is 1.33. The summed E-state index contributed by atoms with van der Waals surface area (Å²) in [7, 11) is 1.92. The van der Waals surface area contributed by atoms with E-state index in [1.54, 1.807) is 0 Å². The normalized spacial score (nSPS) is 12.9. The number of aryl methyl sites for hydroxylation is 2. The van der Waals surface area contributed by atoms with Crippen LogP contribution in [0.15, 0.2) is 18.2 Å². The quantitative estimate of drug-likeness (QED) is 0.736. The van der Waals surface area contributed by atoms with Crippen molar-refractivity contribution in [3.05, 3.63) is 34.9 Å². The van der Waals surface area contributed by atoms with Crippen molar-refractivity contribution in [2.75, 3.05) is 13.6 Å². The highest BCUT2D eigenvalue weighted by Gasteiger charge is 2.04. The molecule has 13 heavy (non-hydrogen) atoms. The maximum absolute atomic E-state index is 5.96. The zero-order valence-electron chi connectivity index (χ0n) is 8.59. The number of benzene rings is 1. The number of likely N-dealkylation sites (N-methyl/N-ethyl adjacent to an activating group) is 1. The zero-order chi connectivity index (χ0) is 9.84. The number of rotatable bonds is 3. The van der Waals surface area contributed by atoms with Gasteiger partial charge in [-0.3, -0.25) is 0 Å². The van der Waals surface area contributed by atoms with Crippen LogP contribution < -0.4 is 11.1 Å². The fraction of sp³-hybridized carbons (Fsp3) is 0.455. The summed E-state index contributed by atoms with van der Waals surface area (Å²) < 4.78 is 0. The summed E-state index contributed by atoms with van der Waals surface area (Å²) in [4.78, 5) is 0. The molecule has 1 atom stereocenters. The van der Waals surface area contributed by atoms with Crippen LogP contribution in [-0.2, 0) is 0 Å². The molecule has 0 bridgehead atoms. The van der Waals surface area contributed by atoms with E-state index in [2.05, 4.69) is 37.4 Å². The molecule has 0 heterocycles. The molecule has 2 nitrogen and oxygen atoms in total. The molecule has 1 aromatic rings. The Labute approximate surface area is 80.1 Å². The molecule has 0 aliphatic heterocycles. The lowest BCUT2D eigenvalue weighted by molar-refractivity contribution is 0.652. The van der Waals surface area contributed by atoms with Gasteiger partial charge in [0.2, 0.25) is 0 Å². The highest BCUT2D eigenvalue weighted by atomic mass is 14.9. The molecule has 0 fully saturated rings. The van der Waals surface area contributed by atoms with Crippen molar-refractivity contribution in [2.45, 2.75) is 19.9 Å². The summed E-state index contributed by atoms with van der Waals surface area (Å²) in [6, 6.07) is 6.49. The molecule has 1 unspecified atom stereocenters. The summed E-state index contributed by atoms with van der Waals surface area (Å²) in [5, 5.41) is 3.08. The van der Waals surface area contributed by atoms with Crippen LogP contribution in [0.2, 0.25) is 0 Å². The summed E-state index contributed by atoms with van der Waals surface area (Å²) in [6.07, 6.45) is 0. The minimum atomic E-state index is 0.101. The van der Waals surface area contributed by atoms with Gasteiger partial charge in [-0.15, -0.1) is 0 Å². The van der Waals surface area contributed by atoms with Gasteiger partial charge in [0.05, 0.1) is 0 Å². The Morgan fingerprint density at radius 2 is 2.00 bits per heavy atom. The van der Waals surface area contributed by atoms with Crippen LogP contribution in [0.1, 0.15) is 22.7 Å². The van der Waals surface area contributed by atoms with E-state index >= 15 is 0 Å². The molecule has 0 aliphatic carbocycles. The van der Waals surface area contributed by atoms with Crippen LogP contribution in [0.5, 0.6) is 0 Å². The lowest BCUT2D eigenvalue weighted by Crippen LogP contribution is -2.23. The summed E-state index contributed by atoms with van der Waals surface area (Å²) in [5.41, 5.74) is 9.80. The number of nitrogens with two attached hydrogens (primary N) is 1. The third kappa shape index (κ3) is 2.54. The lowest BCUT2D eigenvalue weighted by atomic mass is 10.0. The van der Waals surface area contributed by atoms with Crippen LogP contribution in [-0.4, -0.2) is 13.6 Å². The Morgan fingerprint density at radius 3 is 2.54 bits per heavy atom. The molecule has 72 valence electrons. The van der Waals surface area contributed by atoms with E-state index in [4.69, 9.17) is 5.73 Å². The van der Waals surface area contributed by atoms with Crippen LogP contribution >= 0.6 is 0 Å². The largest absolute Gasteiger partial charge is 0.323 e. The predicted octanol–water partition coefficient (Wildman–Crippen LogP) is 1.52. The van der Waals surface area contributed by atoms with Crippen molar-refractivity contribution in [3.8, 4) is 0 Å². The number of hydrogen-bond acceptors (Lipinski definition) is 2. The highest BCUT2D eigenvalue weighted by molar-refractivity contribution is 5.31. The third-order valence-corrected chi connectivity index (χ3v) is 2.38. The summed E-state index contributed by atoms with van der Waals surface area (Å²) >= 11 is 0. The topological polar surface area (TPSA) is 38.0 Å². The van der Waals surface area contributed by atoms with E-state index < -0.39 is 0 Å². The van der Waals surface area contributed by atoms with E-state index in [9.17, 15) is 0 Å². The van der Waals surface area contributed by atoms with E-state index in [1.807, 2.05) is 7.05 Å². The van der Waals surface area contributed by atoms with Crippen molar-refractivity contribution in [3.63, 3.8) is 0 Å². The van der Waals surface area contributed by atoms with Gasteiger partial charge in [-0.2, -0.15) is 0 Å². The summed E-state index contributed by atoms with van der Waals surface area (Å²) in [5.74, 6) is 0. The molecule has 1 rings (SSSR count). The highest BCUT2D eigenvalue weighted by Crippen LogP contribution is 2.14. The third-order valence-electron chi connectivity index (χ3n) is 2.38. The molecule has 0 aliphatic rings. The first-order valence-corrected chi connectivity index (χ1v) is 4.62. The van der Waals surface area contributed by atoms with Gasteiger partial charge in [0.1, 0.15) is 0 Å². The van der Waals surface area contributed by atoms with Crippen LogP contribution in [0, 0.1) is 13.8 Å². The van der Waals surface area contributed by atoms with Crippen molar-refractivity contribution < 1.29 is 0 Å². The maximum atomic E-state index is 5.96. The first-order valence-electron chi connectivity index (χ1n) is 4.62. The van der Waals surface area contributed by atoms with Gasteiger partial charge < -0.3 is 11.1 Å². The Bertz CT molecular complexity index is 281. The van der Waals surface area contributed by atoms with Gasteiger partial charge in [0.25, 0.3) is 0 Å². The van der Waals surface area contributed by atoms with Crippen LogP contribution in [0.3, 0.4) is 0 Å².